The first-order chi connectivity index (χ1) is 15.0. The van der Waals surface area contributed by atoms with Gasteiger partial charge < -0.3 is 19.0 Å². The topological polar surface area (TPSA) is 76.0 Å². The minimum Gasteiger partial charge on any atom is -0.461 e. The maximum atomic E-state index is 14.8. The lowest BCUT2D eigenvalue weighted by atomic mass is 10.0. The molecule has 31 heavy (non-hydrogen) atoms. The van der Waals surface area contributed by atoms with Gasteiger partial charge in [0.05, 0.1) is 19.4 Å². The molecule has 1 aromatic rings. The molecule has 7 nitrogen and oxygen atoms in total. The number of methoxy groups -OCH3 is 1. The summed E-state index contributed by atoms with van der Waals surface area (Å²) in [6.07, 6.45) is 12.5. The van der Waals surface area contributed by atoms with Crippen molar-refractivity contribution >= 4 is 12.1 Å². The summed E-state index contributed by atoms with van der Waals surface area (Å²) in [5.41, 5.74) is -0.125. The summed E-state index contributed by atoms with van der Waals surface area (Å²) < 4.78 is 30.1. The van der Waals surface area contributed by atoms with Gasteiger partial charge >= 0.3 is 12.1 Å². The highest BCUT2D eigenvalue weighted by Crippen LogP contribution is 2.20. The average Bonchev–Trinajstić information content (AvgIpc) is 3.04. The van der Waals surface area contributed by atoms with Gasteiger partial charge in [-0.2, -0.15) is 4.73 Å². The number of carbonyl (C=O) groups excluding carboxylic acids is 2. The van der Waals surface area contributed by atoms with Crippen molar-refractivity contribution in [2.75, 3.05) is 26.9 Å². The number of nitrogens with zero attached hydrogens (tertiary/aromatic N) is 1. The minimum atomic E-state index is -1.05. The number of hydrogen-bond donors (Lipinski definition) is 0. The number of esters is 1. The highest BCUT2D eigenvalue weighted by Gasteiger charge is 2.26. The third kappa shape index (κ3) is 10.7. The molecule has 1 rings (SSSR count). The summed E-state index contributed by atoms with van der Waals surface area (Å²) in [7, 11) is 1.47. The highest BCUT2D eigenvalue weighted by molar-refractivity contribution is 5.88. The van der Waals surface area contributed by atoms with Crippen LogP contribution in [0.3, 0.4) is 0 Å². The van der Waals surface area contributed by atoms with Gasteiger partial charge in [0.25, 0.3) is 0 Å². The number of hydrogen-bond acceptors (Lipinski definition) is 6. The molecule has 178 valence electrons. The number of aryl methyl sites for hydroxylation is 1. The standard InChI is InChI=1S/C23H38FNO6/c1-4-6-7-8-9-10-11-12-13-14-15-19-18-25(31-23(27)30-17-16-28-3)21(20(19)24)22(26)29-5-2/h18H,4-17H2,1-3H3. The zero-order valence-electron chi connectivity index (χ0n) is 19.3. The van der Waals surface area contributed by atoms with E-state index in [0.717, 1.165) is 24.0 Å². The maximum Gasteiger partial charge on any atom is 0.533 e. The van der Waals surface area contributed by atoms with Crippen molar-refractivity contribution in [3.63, 3.8) is 0 Å². The summed E-state index contributed by atoms with van der Waals surface area (Å²) in [6.45, 7) is 4.10. The quantitative estimate of drug-likeness (QED) is 0.234. The second-order valence-electron chi connectivity index (χ2n) is 7.48. The van der Waals surface area contributed by atoms with Crippen LogP contribution in [0.4, 0.5) is 9.18 Å². The summed E-state index contributed by atoms with van der Waals surface area (Å²) in [4.78, 5) is 28.9. The molecular weight excluding hydrogens is 405 g/mol. The Labute approximate surface area is 185 Å². The number of unbranched alkanes of at least 4 members (excludes halogenated alkanes) is 9. The van der Waals surface area contributed by atoms with E-state index < -0.39 is 23.6 Å². The van der Waals surface area contributed by atoms with Gasteiger partial charge in [0.2, 0.25) is 5.69 Å². The van der Waals surface area contributed by atoms with Crippen molar-refractivity contribution in [1.82, 2.24) is 4.73 Å². The van der Waals surface area contributed by atoms with Crippen molar-refractivity contribution in [1.29, 1.82) is 0 Å². The van der Waals surface area contributed by atoms with Crippen LogP contribution in [0.25, 0.3) is 0 Å². The number of halogens is 1. The van der Waals surface area contributed by atoms with Crippen LogP contribution < -0.4 is 4.84 Å². The number of aromatic nitrogens is 1. The number of ether oxygens (including phenoxy) is 3. The molecule has 1 aromatic heterocycles. The smallest absolute Gasteiger partial charge is 0.461 e. The number of carbonyl (C=O) groups is 2. The second kappa shape index (κ2) is 16.6. The van der Waals surface area contributed by atoms with Crippen LogP contribution in [0.15, 0.2) is 6.20 Å². The predicted molar refractivity (Wildman–Crippen MR) is 116 cm³/mol. The lowest BCUT2D eigenvalue weighted by molar-refractivity contribution is 0.0246. The molecule has 0 aliphatic heterocycles. The molecule has 0 radical (unpaired) electrons. The maximum absolute atomic E-state index is 14.8. The molecule has 0 fully saturated rings. The summed E-state index contributed by atoms with van der Waals surface area (Å²) in [5, 5.41) is 0. The lowest BCUT2D eigenvalue weighted by Gasteiger charge is -2.08. The molecule has 0 unspecified atom stereocenters. The van der Waals surface area contributed by atoms with Gasteiger partial charge in [0, 0.05) is 12.7 Å². The van der Waals surface area contributed by atoms with Gasteiger partial charge in [-0.15, -0.1) is 0 Å². The monoisotopic (exact) mass is 443 g/mol. The molecule has 8 heteroatoms. The van der Waals surface area contributed by atoms with E-state index in [1.54, 1.807) is 6.92 Å². The Balaban J connectivity index is 2.54. The van der Waals surface area contributed by atoms with Crippen LogP contribution in [-0.2, 0) is 20.6 Å². The summed E-state index contributed by atoms with van der Waals surface area (Å²) in [5.74, 6) is -1.61. The molecule has 0 saturated carbocycles. The summed E-state index contributed by atoms with van der Waals surface area (Å²) >= 11 is 0. The first-order valence-corrected chi connectivity index (χ1v) is 11.5. The molecule has 0 aliphatic carbocycles. The van der Waals surface area contributed by atoms with Crippen LogP contribution in [0.1, 0.15) is 94.1 Å². The molecule has 0 bridgehead atoms. The van der Waals surface area contributed by atoms with E-state index in [0.29, 0.717) is 12.0 Å². The molecule has 0 aliphatic rings. The van der Waals surface area contributed by atoms with Gasteiger partial charge in [0.1, 0.15) is 6.61 Å². The SMILES string of the molecule is CCCCCCCCCCCCc1cn(OC(=O)OCCOC)c(C(=O)OCC)c1F. The number of rotatable bonds is 17. The second-order valence-corrected chi connectivity index (χ2v) is 7.48. The predicted octanol–water partition coefficient (Wildman–Crippen LogP) is 5.48. The van der Waals surface area contributed by atoms with Gasteiger partial charge in [0.15, 0.2) is 5.82 Å². The normalized spacial score (nSPS) is 10.8. The molecule has 0 spiro atoms. The minimum absolute atomic E-state index is 0.0146. The average molecular weight is 444 g/mol. The van der Waals surface area contributed by atoms with Crippen molar-refractivity contribution in [3.05, 3.63) is 23.3 Å². The Bertz CT molecular complexity index is 646. The fourth-order valence-electron chi connectivity index (χ4n) is 3.25. The molecule has 1 heterocycles. The lowest BCUT2D eigenvalue weighted by Crippen LogP contribution is -2.25. The van der Waals surface area contributed by atoms with Crippen LogP contribution in [-0.4, -0.2) is 43.8 Å². The van der Waals surface area contributed by atoms with Crippen LogP contribution in [0.5, 0.6) is 0 Å². The van der Waals surface area contributed by atoms with Gasteiger partial charge in [-0.3, -0.25) is 0 Å². The Kier molecular flexibility index (Phi) is 14.4. The molecular formula is C23H38FNO6. The van der Waals surface area contributed by atoms with Crippen molar-refractivity contribution < 1.29 is 33.0 Å². The fourth-order valence-corrected chi connectivity index (χ4v) is 3.25. The zero-order chi connectivity index (χ0) is 22.9. The van der Waals surface area contributed by atoms with Gasteiger partial charge in [-0.25, -0.2) is 14.0 Å². The third-order valence-corrected chi connectivity index (χ3v) is 4.93. The largest absolute Gasteiger partial charge is 0.533 e. The van der Waals surface area contributed by atoms with E-state index in [9.17, 15) is 14.0 Å². The molecule has 0 atom stereocenters. The Morgan fingerprint density at radius 3 is 2.10 bits per heavy atom. The molecule has 0 aromatic carbocycles. The van der Waals surface area contributed by atoms with Gasteiger partial charge in [-0.1, -0.05) is 64.7 Å². The van der Waals surface area contributed by atoms with Crippen molar-refractivity contribution in [2.24, 2.45) is 0 Å². The molecule has 0 N–H and O–H groups in total. The molecule has 0 amide bonds. The molecule has 0 saturated heterocycles. The van der Waals surface area contributed by atoms with E-state index >= 15 is 0 Å². The zero-order valence-corrected chi connectivity index (χ0v) is 19.3. The Morgan fingerprint density at radius 2 is 1.52 bits per heavy atom. The van der Waals surface area contributed by atoms with E-state index in [-0.39, 0.29) is 19.8 Å². The summed E-state index contributed by atoms with van der Waals surface area (Å²) in [6, 6.07) is 0. The van der Waals surface area contributed by atoms with Crippen LogP contribution in [0, 0.1) is 5.82 Å². The first-order valence-electron chi connectivity index (χ1n) is 11.5. The Morgan fingerprint density at radius 1 is 0.903 bits per heavy atom. The Hall–Kier alpha value is -2.09. The van der Waals surface area contributed by atoms with Crippen molar-refractivity contribution in [3.8, 4) is 0 Å². The van der Waals surface area contributed by atoms with Gasteiger partial charge in [-0.05, 0) is 19.8 Å². The van der Waals surface area contributed by atoms with E-state index in [1.165, 1.54) is 58.3 Å². The van der Waals surface area contributed by atoms with Crippen LogP contribution >= 0.6 is 0 Å². The van der Waals surface area contributed by atoms with E-state index in [1.807, 2.05) is 0 Å². The fraction of sp³-hybridized carbons (Fsp3) is 0.739. The van der Waals surface area contributed by atoms with E-state index in [4.69, 9.17) is 19.0 Å². The highest BCUT2D eigenvalue weighted by atomic mass is 19.1. The van der Waals surface area contributed by atoms with Crippen molar-refractivity contribution in [2.45, 2.75) is 84.5 Å². The third-order valence-electron chi connectivity index (χ3n) is 4.93. The van der Waals surface area contributed by atoms with E-state index in [2.05, 4.69) is 6.92 Å². The first kappa shape index (κ1) is 26.9. The van der Waals surface area contributed by atoms with Crippen LogP contribution in [0.2, 0.25) is 0 Å².